The summed E-state index contributed by atoms with van der Waals surface area (Å²) in [6.45, 7) is 14.5. The predicted octanol–water partition coefficient (Wildman–Crippen LogP) is 0.799. The first-order chi connectivity index (χ1) is 14.0. The van der Waals surface area contributed by atoms with E-state index in [1.165, 1.54) is 0 Å². The number of ether oxygens (including phenoxy) is 2. The fourth-order valence-electron chi connectivity index (χ4n) is 3.31. The van der Waals surface area contributed by atoms with E-state index in [0.29, 0.717) is 31.7 Å². The Kier molecular flexibility index (Phi) is 15.3. The molecule has 0 aliphatic carbocycles. The van der Waals surface area contributed by atoms with E-state index >= 15 is 0 Å². The Labute approximate surface area is 192 Å². The molecule has 0 saturated carbocycles. The van der Waals surface area contributed by atoms with Crippen molar-refractivity contribution in [3.8, 4) is 5.75 Å². The van der Waals surface area contributed by atoms with Crippen LogP contribution in [0.15, 0.2) is 24.3 Å². The first-order valence-corrected chi connectivity index (χ1v) is 11.0. The van der Waals surface area contributed by atoms with Crippen LogP contribution in [-0.2, 0) is 9.53 Å². The molecule has 0 spiro atoms. The monoisotopic (exact) mass is 486 g/mol. The number of nitrogens with zero attached hydrogens (tertiary/aromatic N) is 1. The third kappa shape index (κ3) is 10.4. The molecule has 1 aromatic carbocycles. The molecule has 1 N–H and O–H groups in total. The maximum atomic E-state index is 12.2. The van der Waals surface area contributed by atoms with Crippen molar-refractivity contribution in [2.45, 2.75) is 53.4 Å². The highest BCUT2D eigenvalue weighted by Gasteiger charge is 2.20. The van der Waals surface area contributed by atoms with Gasteiger partial charge in [0.15, 0.2) is 0 Å². The number of esters is 1. The van der Waals surface area contributed by atoms with Crippen molar-refractivity contribution >= 4 is 11.9 Å². The number of likely N-dealkylation sites (N-methyl/N-ethyl adjacent to an activating group) is 1. The second-order valence-electron chi connectivity index (χ2n) is 7.26. The summed E-state index contributed by atoms with van der Waals surface area (Å²) in [6.07, 6.45) is 2.96. The van der Waals surface area contributed by atoms with Crippen LogP contribution in [0.3, 0.4) is 0 Å². The Balaban J connectivity index is 0.00000841. The lowest BCUT2D eigenvalue weighted by molar-refractivity contribution is -0.923. The zero-order valence-corrected chi connectivity index (χ0v) is 20.6. The molecule has 0 aromatic heterocycles. The molecule has 0 bridgehead atoms. The zero-order chi connectivity index (χ0) is 21.5. The van der Waals surface area contributed by atoms with Crippen LogP contribution < -0.4 is 27.0 Å². The van der Waals surface area contributed by atoms with E-state index < -0.39 is 0 Å². The van der Waals surface area contributed by atoms with E-state index in [0.717, 1.165) is 55.7 Å². The van der Waals surface area contributed by atoms with Gasteiger partial charge in [-0.2, -0.15) is 0 Å². The number of carbonyl (C=O) groups is 2. The number of hydrogen-bond donors (Lipinski definition) is 1. The highest BCUT2D eigenvalue weighted by Crippen LogP contribution is 2.13. The van der Waals surface area contributed by atoms with Crippen molar-refractivity contribution in [2.75, 3.05) is 45.9 Å². The minimum atomic E-state index is -0.150. The summed E-state index contributed by atoms with van der Waals surface area (Å²) in [4.78, 5) is 23.5. The lowest BCUT2D eigenvalue weighted by atomic mass is 10.2. The summed E-state index contributed by atoms with van der Waals surface area (Å²) in [7, 11) is 0. The van der Waals surface area contributed by atoms with Gasteiger partial charge in [-0.05, 0) is 64.8 Å². The number of halogens is 1. The first-order valence-electron chi connectivity index (χ1n) is 11.0. The third-order valence-electron chi connectivity index (χ3n) is 5.61. The number of rotatable bonds is 15. The summed E-state index contributed by atoms with van der Waals surface area (Å²) in [5, 5.41) is 2.92. The Hall–Kier alpha value is -1.60. The van der Waals surface area contributed by atoms with Gasteiger partial charge in [0.1, 0.15) is 18.9 Å². The van der Waals surface area contributed by atoms with Gasteiger partial charge >= 0.3 is 5.97 Å². The first kappa shape index (κ1) is 28.4. The highest BCUT2D eigenvalue weighted by molar-refractivity contribution is 5.94. The highest BCUT2D eigenvalue weighted by atomic mass is 79.9. The van der Waals surface area contributed by atoms with Crippen molar-refractivity contribution < 1.29 is 40.5 Å². The summed E-state index contributed by atoms with van der Waals surface area (Å²) in [5.41, 5.74) is 0.629. The fourth-order valence-corrected chi connectivity index (χ4v) is 3.31. The van der Waals surface area contributed by atoms with Crippen molar-refractivity contribution in [1.29, 1.82) is 0 Å². The molecule has 7 heteroatoms. The molecule has 1 aromatic rings. The Morgan fingerprint density at radius 2 is 1.57 bits per heavy atom. The zero-order valence-electron chi connectivity index (χ0n) is 19.0. The molecule has 0 radical (unpaired) electrons. The van der Waals surface area contributed by atoms with E-state index in [1.54, 1.807) is 19.1 Å². The Morgan fingerprint density at radius 1 is 0.933 bits per heavy atom. The van der Waals surface area contributed by atoms with Crippen LogP contribution in [0.4, 0.5) is 0 Å². The Bertz CT molecular complexity index is 595. The molecule has 1 rings (SSSR count). The normalized spacial score (nSPS) is 10.8. The molecular weight excluding hydrogens is 448 g/mol. The third-order valence-corrected chi connectivity index (χ3v) is 5.61. The van der Waals surface area contributed by atoms with Gasteiger partial charge in [0.2, 0.25) is 0 Å². The SMILES string of the molecule is CCOC(=O)CCCCCNC(=O)c1ccc(OCC[N+](CC)(CC)CC)cc1.[Br-]. The van der Waals surface area contributed by atoms with Gasteiger partial charge in [-0.3, -0.25) is 9.59 Å². The van der Waals surface area contributed by atoms with E-state index in [4.69, 9.17) is 9.47 Å². The van der Waals surface area contributed by atoms with Gasteiger partial charge in [0, 0.05) is 18.5 Å². The van der Waals surface area contributed by atoms with E-state index in [9.17, 15) is 9.59 Å². The molecule has 0 unspecified atom stereocenters. The van der Waals surface area contributed by atoms with Gasteiger partial charge in [-0.1, -0.05) is 6.42 Å². The fraction of sp³-hybridized carbons (Fsp3) is 0.652. The summed E-state index contributed by atoms with van der Waals surface area (Å²) in [6, 6.07) is 7.31. The van der Waals surface area contributed by atoms with Gasteiger partial charge in [-0.25, -0.2) is 0 Å². The van der Waals surface area contributed by atoms with Crippen molar-refractivity contribution in [3.63, 3.8) is 0 Å². The molecular formula is C23H39BrN2O4. The summed E-state index contributed by atoms with van der Waals surface area (Å²) in [5.74, 6) is 0.560. The molecule has 0 atom stereocenters. The minimum Gasteiger partial charge on any atom is -1.00 e. The molecule has 0 fully saturated rings. The lowest BCUT2D eigenvalue weighted by Crippen LogP contribution is -3.00. The van der Waals surface area contributed by atoms with Gasteiger partial charge in [0.05, 0.1) is 26.2 Å². The topological polar surface area (TPSA) is 64.6 Å². The van der Waals surface area contributed by atoms with Crippen LogP contribution in [0.2, 0.25) is 0 Å². The maximum absolute atomic E-state index is 12.2. The van der Waals surface area contributed by atoms with Gasteiger partial charge in [-0.15, -0.1) is 0 Å². The maximum Gasteiger partial charge on any atom is 0.305 e. The Morgan fingerprint density at radius 3 is 2.13 bits per heavy atom. The number of nitrogens with one attached hydrogen (secondary N) is 1. The molecule has 172 valence electrons. The number of amides is 1. The quantitative estimate of drug-likeness (QED) is 0.226. The molecule has 0 aliphatic heterocycles. The van der Waals surface area contributed by atoms with Crippen molar-refractivity contribution in [2.24, 2.45) is 0 Å². The molecule has 30 heavy (non-hydrogen) atoms. The average Bonchev–Trinajstić information content (AvgIpc) is 2.74. The molecule has 6 nitrogen and oxygen atoms in total. The number of quaternary nitrogens is 1. The molecule has 0 heterocycles. The second-order valence-corrected chi connectivity index (χ2v) is 7.26. The summed E-state index contributed by atoms with van der Waals surface area (Å²) < 4.78 is 11.8. The standard InChI is InChI=1S/C23H38N2O4.BrH/c1-5-25(6-2,7-3)18-19-29-21-15-13-20(14-16-21)23(27)24-17-11-9-10-12-22(26)28-8-4;/h13-16H,5-12,17-19H2,1-4H3;1H. The van der Waals surface area contributed by atoms with Crippen LogP contribution in [0, 0.1) is 0 Å². The van der Waals surface area contributed by atoms with Gasteiger partial charge < -0.3 is 36.3 Å². The van der Waals surface area contributed by atoms with E-state index in [1.807, 2.05) is 12.1 Å². The molecule has 0 saturated heterocycles. The van der Waals surface area contributed by atoms with E-state index in [-0.39, 0.29) is 28.9 Å². The summed E-state index contributed by atoms with van der Waals surface area (Å²) >= 11 is 0. The largest absolute Gasteiger partial charge is 1.00 e. The predicted molar refractivity (Wildman–Crippen MR) is 116 cm³/mol. The number of hydrogen-bond acceptors (Lipinski definition) is 4. The van der Waals surface area contributed by atoms with E-state index in [2.05, 4.69) is 26.1 Å². The number of benzene rings is 1. The van der Waals surface area contributed by atoms with Crippen LogP contribution in [0.1, 0.15) is 63.7 Å². The smallest absolute Gasteiger partial charge is 0.305 e. The number of unbranched alkanes of at least 4 members (excludes halogenated alkanes) is 2. The minimum absolute atomic E-state index is 0. The number of carbonyl (C=O) groups excluding carboxylic acids is 2. The van der Waals surface area contributed by atoms with Crippen molar-refractivity contribution in [3.05, 3.63) is 29.8 Å². The average molecular weight is 487 g/mol. The van der Waals surface area contributed by atoms with Crippen LogP contribution in [-0.4, -0.2) is 62.3 Å². The van der Waals surface area contributed by atoms with Crippen molar-refractivity contribution in [1.82, 2.24) is 5.32 Å². The molecule has 1 amide bonds. The van der Waals surface area contributed by atoms with Crippen LogP contribution in [0.25, 0.3) is 0 Å². The lowest BCUT2D eigenvalue weighted by Gasteiger charge is -2.35. The van der Waals surface area contributed by atoms with Crippen LogP contribution in [0.5, 0.6) is 5.75 Å². The van der Waals surface area contributed by atoms with Crippen LogP contribution >= 0.6 is 0 Å². The molecule has 0 aliphatic rings. The van der Waals surface area contributed by atoms with Gasteiger partial charge in [0.25, 0.3) is 5.91 Å². The second kappa shape index (κ2) is 16.1.